The van der Waals surface area contributed by atoms with Gasteiger partial charge in [0.25, 0.3) is 0 Å². The lowest BCUT2D eigenvalue weighted by molar-refractivity contribution is -0.111. The molecule has 0 saturated heterocycles. The predicted octanol–water partition coefficient (Wildman–Crippen LogP) is 5.73. The summed E-state index contributed by atoms with van der Waals surface area (Å²) in [6.07, 6.45) is 1.21. The summed E-state index contributed by atoms with van der Waals surface area (Å²) in [5.74, 6) is 1.12. The molecule has 142 valence electrons. The van der Waals surface area contributed by atoms with Gasteiger partial charge in [0.05, 0.1) is 7.11 Å². The van der Waals surface area contributed by atoms with E-state index in [0.717, 1.165) is 11.1 Å². The van der Waals surface area contributed by atoms with Crippen molar-refractivity contribution in [2.75, 3.05) is 12.4 Å². The van der Waals surface area contributed by atoms with Crippen molar-refractivity contribution >= 4 is 11.6 Å². The Labute approximate surface area is 163 Å². The number of halogens is 1. The second kappa shape index (κ2) is 8.39. The third-order valence-corrected chi connectivity index (χ3v) is 4.20. The Hall–Kier alpha value is -3.60. The molecule has 0 aromatic heterocycles. The largest absolute Gasteiger partial charge is 0.497 e. The van der Waals surface area contributed by atoms with E-state index in [2.05, 4.69) is 11.9 Å². The Morgan fingerprint density at radius 2 is 1.82 bits per heavy atom. The minimum absolute atomic E-state index is 0.319. The number of para-hydroxylation sites is 1. The average Bonchev–Trinajstić information content (AvgIpc) is 2.70. The number of hydrogen-bond donors (Lipinski definition) is 1. The lowest BCUT2D eigenvalue weighted by atomic mass is 10.0. The molecule has 0 fully saturated rings. The predicted molar refractivity (Wildman–Crippen MR) is 108 cm³/mol. The Balaban J connectivity index is 2.09. The molecule has 0 aliphatic carbocycles. The summed E-state index contributed by atoms with van der Waals surface area (Å²) in [6, 6.07) is 17.1. The maximum Gasteiger partial charge on any atom is 0.247 e. The molecule has 28 heavy (non-hydrogen) atoms. The summed E-state index contributed by atoms with van der Waals surface area (Å²) < 4.78 is 24.8. The van der Waals surface area contributed by atoms with Crippen molar-refractivity contribution in [3.63, 3.8) is 0 Å². The first-order valence-electron chi connectivity index (χ1n) is 8.66. The van der Waals surface area contributed by atoms with E-state index in [1.54, 1.807) is 32.2 Å². The third-order valence-electron chi connectivity index (χ3n) is 4.20. The van der Waals surface area contributed by atoms with Crippen LogP contribution in [0.1, 0.15) is 5.56 Å². The molecule has 5 heteroatoms. The van der Waals surface area contributed by atoms with Gasteiger partial charge >= 0.3 is 0 Å². The summed E-state index contributed by atoms with van der Waals surface area (Å²) in [7, 11) is 1.57. The summed E-state index contributed by atoms with van der Waals surface area (Å²) in [6.45, 7) is 5.27. The fraction of sp³-hybridized carbons (Fsp3) is 0.0870. The van der Waals surface area contributed by atoms with Crippen molar-refractivity contribution in [2.45, 2.75) is 6.92 Å². The number of ether oxygens (including phenoxy) is 2. The minimum Gasteiger partial charge on any atom is -0.497 e. The van der Waals surface area contributed by atoms with Crippen molar-refractivity contribution in [1.82, 2.24) is 0 Å². The zero-order valence-electron chi connectivity index (χ0n) is 15.7. The van der Waals surface area contributed by atoms with Crippen LogP contribution in [0.4, 0.5) is 10.1 Å². The van der Waals surface area contributed by atoms with Gasteiger partial charge < -0.3 is 14.8 Å². The molecule has 0 aliphatic heterocycles. The van der Waals surface area contributed by atoms with E-state index in [1.165, 1.54) is 18.2 Å². The van der Waals surface area contributed by atoms with Gasteiger partial charge in [-0.25, -0.2) is 4.39 Å². The van der Waals surface area contributed by atoms with Crippen LogP contribution in [0.25, 0.3) is 11.1 Å². The highest BCUT2D eigenvalue weighted by atomic mass is 19.1. The van der Waals surface area contributed by atoms with Crippen LogP contribution in [0.2, 0.25) is 0 Å². The standard InChI is InChI=1S/C23H20FNO3/c1-4-23(26)25-20-11-10-17(27-3)14-19(20)18-7-5-6-8-22(18)28-21-12-9-16(24)13-15(21)2/h4-14H,1H2,2-3H3,(H,25,26). The molecule has 0 bridgehead atoms. The SMILES string of the molecule is C=CC(=O)Nc1ccc(OC)cc1-c1ccccc1Oc1ccc(F)cc1C. The quantitative estimate of drug-likeness (QED) is 0.558. The molecule has 0 atom stereocenters. The number of nitrogens with one attached hydrogen (secondary N) is 1. The molecular formula is C23H20FNO3. The van der Waals surface area contributed by atoms with Gasteiger partial charge in [0, 0.05) is 16.8 Å². The number of benzene rings is 3. The summed E-state index contributed by atoms with van der Waals surface area (Å²) in [5.41, 5.74) is 2.76. The molecule has 0 unspecified atom stereocenters. The van der Waals surface area contributed by atoms with Crippen LogP contribution in [0.5, 0.6) is 17.2 Å². The van der Waals surface area contributed by atoms with Gasteiger partial charge in [-0.3, -0.25) is 4.79 Å². The Bertz CT molecular complexity index is 1030. The Morgan fingerprint density at radius 1 is 1.04 bits per heavy atom. The smallest absolute Gasteiger partial charge is 0.247 e. The molecule has 0 spiro atoms. The first kappa shape index (κ1) is 19.2. The lowest BCUT2D eigenvalue weighted by Crippen LogP contribution is -2.08. The molecule has 1 amide bonds. The zero-order chi connectivity index (χ0) is 20.1. The van der Waals surface area contributed by atoms with Gasteiger partial charge in [-0.15, -0.1) is 0 Å². The number of carbonyl (C=O) groups excluding carboxylic acids is 1. The van der Waals surface area contributed by atoms with Crippen LogP contribution in [-0.4, -0.2) is 13.0 Å². The van der Waals surface area contributed by atoms with Gasteiger partial charge in [-0.1, -0.05) is 24.8 Å². The monoisotopic (exact) mass is 377 g/mol. The van der Waals surface area contributed by atoms with Gasteiger partial charge in [0.15, 0.2) is 0 Å². The van der Waals surface area contributed by atoms with Crippen molar-refractivity contribution < 1.29 is 18.7 Å². The van der Waals surface area contributed by atoms with Crippen LogP contribution < -0.4 is 14.8 Å². The van der Waals surface area contributed by atoms with Crippen molar-refractivity contribution in [3.8, 4) is 28.4 Å². The van der Waals surface area contributed by atoms with Gasteiger partial charge in [-0.05, 0) is 61.0 Å². The number of rotatable bonds is 6. The number of carbonyl (C=O) groups is 1. The van der Waals surface area contributed by atoms with E-state index in [-0.39, 0.29) is 11.7 Å². The molecule has 0 radical (unpaired) electrons. The number of hydrogen-bond acceptors (Lipinski definition) is 3. The molecule has 3 rings (SSSR count). The fourth-order valence-electron chi connectivity index (χ4n) is 2.79. The topological polar surface area (TPSA) is 47.6 Å². The molecule has 0 heterocycles. The highest BCUT2D eigenvalue weighted by molar-refractivity contribution is 6.02. The van der Waals surface area contributed by atoms with Crippen molar-refractivity contribution in [3.05, 3.63) is 84.7 Å². The number of aryl methyl sites for hydroxylation is 1. The zero-order valence-corrected chi connectivity index (χ0v) is 15.7. The summed E-state index contributed by atoms with van der Waals surface area (Å²) >= 11 is 0. The fourth-order valence-corrected chi connectivity index (χ4v) is 2.79. The number of anilines is 1. The Kier molecular flexibility index (Phi) is 5.75. The third kappa shape index (κ3) is 4.20. The number of methoxy groups -OCH3 is 1. The van der Waals surface area contributed by atoms with Gasteiger partial charge in [-0.2, -0.15) is 0 Å². The molecule has 3 aromatic rings. The molecule has 1 N–H and O–H groups in total. The van der Waals surface area contributed by atoms with Gasteiger partial charge in [0.1, 0.15) is 23.1 Å². The molecule has 3 aromatic carbocycles. The van der Waals surface area contributed by atoms with E-state index < -0.39 is 0 Å². The minimum atomic E-state index is -0.320. The van der Waals surface area contributed by atoms with E-state index in [0.29, 0.717) is 28.5 Å². The second-order valence-electron chi connectivity index (χ2n) is 6.11. The van der Waals surface area contributed by atoms with Gasteiger partial charge in [0.2, 0.25) is 5.91 Å². The summed E-state index contributed by atoms with van der Waals surface area (Å²) in [5, 5.41) is 2.80. The normalized spacial score (nSPS) is 10.2. The highest BCUT2D eigenvalue weighted by Crippen LogP contribution is 2.39. The van der Waals surface area contributed by atoms with Crippen molar-refractivity contribution in [2.24, 2.45) is 0 Å². The molecule has 0 aliphatic rings. The first-order chi connectivity index (χ1) is 13.5. The van der Waals surface area contributed by atoms with Crippen LogP contribution in [0.3, 0.4) is 0 Å². The maximum atomic E-state index is 13.4. The Morgan fingerprint density at radius 3 is 2.54 bits per heavy atom. The average molecular weight is 377 g/mol. The van der Waals surface area contributed by atoms with Crippen LogP contribution in [0.15, 0.2) is 73.3 Å². The van der Waals surface area contributed by atoms with E-state index >= 15 is 0 Å². The summed E-state index contributed by atoms with van der Waals surface area (Å²) in [4.78, 5) is 11.8. The van der Waals surface area contributed by atoms with E-state index in [1.807, 2.05) is 30.3 Å². The maximum absolute atomic E-state index is 13.4. The molecule has 0 saturated carbocycles. The van der Waals surface area contributed by atoms with Crippen molar-refractivity contribution in [1.29, 1.82) is 0 Å². The van der Waals surface area contributed by atoms with Crippen LogP contribution in [0, 0.1) is 12.7 Å². The highest BCUT2D eigenvalue weighted by Gasteiger charge is 2.14. The van der Waals surface area contributed by atoms with Crippen LogP contribution >= 0.6 is 0 Å². The molecular weight excluding hydrogens is 357 g/mol. The van der Waals surface area contributed by atoms with Crippen LogP contribution in [-0.2, 0) is 4.79 Å². The van der Waals surface area contributed by atoms with E-state index in [4.69, 9.17) is 9.47 Å². The molecule has 4 nitrogen and oxygen atoms in total. The number of amides is 1. The van der Waals surface area contributed by atoms with E-state index in [9.17, 15) is 9.18 Å². The first-order valence-corrected chi connectivity index (χ1v) is 8.66. The second-order valence-corrected chi connectivity index (χ2v) is 6.11. The lowest BCUT2D eigenvalue weighted by Gasteiger charge is -2.16.